The molecule has 1 aromatic rings. The monoisotopic (exact) mass is 289 g/mol. The molecule has 0 amide bonds. The van der Waals surface area contributed by atoms with E-state index in [9.17, 15) is 5.11 Å². The van der Waals surface area contributed by atoms with Crippen LogP contribution >= 0.6 is 0 Å². The first kappa shape index (κ1) is 16.5. The molecule has 1 fully saturated rings. The molecule has 21 heavy (non-hydrogen) atoms. The number of aliphatic hydroxyl groups excluding tert-OH is 1. The number of benzene rings is 1. The van der Waals surface area contributed by atoms with Crippen molar-refractivity contribution in [3.05, 3.63) is 35.9 Å². The van der Waals surface area contributed by atoms with Crippen molar-refractivity contribution in [2.24, 2.45) is 11.8 Å². The van der Waals surface area contributed by atoms with Gasteiger partial charge in [-0.25, -0.2) is 0 Å². The molecule has 1 saturated carbocycles. The highest BCUT2D eigenvalue weighted by atomic mass is 16.3. The second-order valence-corrected chi connectivity index (χ2v) is 7.26. The Morgan fingerprint density at radius 2 is 1.81 bits per heavy atom. The van der Waals surface area contributed by atoms with E-state index in [2.05, 4.69) is 56.4 Å². The van der Waals surface area contributed by atoms with Gasteiger partial charge in [-0.05, 0) is 49.0 Å². The van der Waals surface area contributed by atoms with Crippen LogP contribution in [0.5, 0.6) is 0 Å². The Balaban J connectivity index is 2.01. The van der Waals surface area contributed by atoms with Crippen molar-refractivity contribution in [2.45, 2.75) is 57.9 Å². The van der Waals surface area contributed by atoms with Crippen molar-refractivity contribution >= 4 is 0 Å². The van der Waals surface area contributed by atoms with Crippen molar-refractivity contribution in [3.8, 4) is 0 Å². The fraction of sp³-hybridized carbons (Fsp3) is 0.684. The van der Waals surface area contributed by atoms with Crippen LogP contribution in [0.3, 0.4) is 0 Å². The van der Waals surface area contributed by atoms with E-state index in [0.29, 0.717) is 11.8 Å². The van der Waals surface area contributed by atoms with Crippen molar-refractivity contribution in [1.29, 1.82) is 0 Å². The van der Waals surface area contributed by atoms with Gasteiger partial charge in [-0.15, -0.1) is 0 Å². The molecular formula is C19H31NO. The molecule has 1 aliphatic rings. The van der Waals surface area contributed by atoms with Crippen LogP contribution in [-0.4, -0.2) is 23.8 Å². The van der Waals surface area contributed by atoms with Crippen molar-refractivity contribution in [3.63, 3.8) is 0 Å². The third-order valence-electron chi connectivity index (χ3n) is 5.26. The van der Waals surface area contributed by atoms with E-state index in [1.54, 1.807) is 0 Å². The highest BCUT2D eigenvalue weighted by Crippen LogP contribution is 2.33. The topological polar surface area (TPSA) is 32.3 Å². The van der Waals surface area contributed by atoms with Crippen LogP contribution in [0.1, 0.15) is 57.9 Å². The van der Waals surface area contributed by atoms with E-state index in [1.165, 1.54) is 18.4 Å². The third kappa shape index (κ3) is 4.31. The first-order valence-corrected chi connectivity index (χ1v) is 8.47. The molecule has 0 radical (unpaired) electrons. The van der Waals surface area contributed by atoms with Crippen LogP contribution in [0.4, 0.5) is 0 Å². The van der Waals surface area contributed by atoms with E-state index in [-0.39, 0.29) is 12.1 Å². The Morgan fingerprint density at radius 3 is 2.33 bits per heavy atom. The maximum absolute atomic E-state index is 9.89. The van der Waals surface area contributed by atoms with Crippen LogP contribution in [-0.2, 0) is 0 Å². The fourth-order valence-electron chi connectivity index (χ4n) is 3.47. The molecule has 2 rings (SSSR count). The van der Waals surface area contributed by atoms with E-state index in [1.807, 2.05) is 0 Å². The van der Waals surface area contributed by atoms with Crippen LogP contribution in [0.15, 0.2) is 30.3 Å². The normalized spacial score (nSPS) is 27.8. The van der Waals surface area contributed by atoms with Crippen LogP contribution in [0.25, 0.3) is 0 Å². The molecule has 0 aliphatic heterocycles. The Bertz CT molecular complexity index is 407. The van der Waals surface area contributed by atoms with Gasteiger partial charge in [0.25, 0.3) is 0 Å². The second-order valence-electron chi connectivity index (χ2n) is 7.26. The average Bonchev–Trinajstić information content (AvgIpc) is 2.50. The molecular weight excluding hydrogens is 258 g/mol. The lowest BCUT2D eigenvalue weighted by Crippen LogP contribution is -2.52. The number of rotatable bonds is 6. The maximum atomic E-state index is 9.89. The minimum Gasteiger partial charge on any atom is -0.394 e. The molecule has 118 valence electrons. The molecule has 1 unspecified atom stereocenters. The molecule has 2 heteroatoms. The van der Waals surface area contributed by atoms with Gasteiger partial charge in [0.05, 0.1) is 6.61 Å². The Labute approximate surface area is 130 Å². The summed E-state index contributed by atoms with van der Waals surface area (Å²) in [5.74, 6) is 1.91. The number of hydrogen-bond donors (Lipinski definition) is 2. The SMILES string of the molecule is CC1CCC(CO)(NCC(c2ccccc2)C(C)C)CC1. The van der Waals surface area contributed by atoms with E-state index < -0.39 is 0 Å². The molecule has 0 bridgehead atoms. The lowest BCUT2D eigenvalue weighted by molar-refractivity contribution is 0.103. The van der Waals surface area contributed by atoms with Gasteiger partial charge in [0.2, 0.25) is 0 Å². The van der Waals surface area contributed by atoms with Crippen molar-refractivity contribution < 1.29 is 5.11 Å². The molecule has 0 heterocycles. The summed E-state index contributed by atoms with van der Waals surface area (Å²) in [4.78, 5) is 0. The molecule has 0 spiro atoms. The minimum absolute atomic E-state index is 0.0472. The molecule has 1 atom stereocenters. The zero-order chi connectivity index (χ0) is 15.3. The van der Waals surface area contributed by atoms with E-state index in [4.69, 9.17) is 0 Å². The van der Waals surface area contributed by atoms with Gasteiger partial charge in [-0.3, -0.25) is 0 Å². The summed E-state index contributed by atoms with van der Waals surface area (Å²) in [6.45, 7) is 8.11. The summed E-state index contributed by atoms with van der Waals surface area (Å²) in [6.07, 6.45) is 4.66. The first-order chi connectivity index (χ1) is 10.1. The second kappa shape index (κ2) is 7.42. The summed E-state index contributed by atoms with van der Waals surface area (Å²) in [5.41, 5.74) is 1.35. The van der Waals surface area contributed by atoms with Gasteiger partial charge >= 0.3 is 0 Å². The average molecular weight is 289 g/mol. The fourth-order valence-corrected chi connectivity index (χ4v) is 3.47. The van der Waals surface area contributed by atoms with Crippen molar-refractivity contribution in [1.82, 2.24) is 5.32 Å². The number of hydrogen-bond acceptors (Lipinski definition) is 2. The summed E-state index contributed by atoms with van der Waals surface area (Å²) >= 11 is 0. The Kier molecular flexibility index (Phi) is 5.83. The highest BCUT2D eigenvalue weighted by molar-refractivity contribution is 5.20. The van der Waals surface area contributed by atoms with Crippen molar-refractivity contribution in [2.75, 3.05) is 13.2 Å². The lowest BCUT2D eigenvalue weighted by Gasteiger charge is -2.40. The van der Waals surface area contributed by atoms with Gasteiger partial charge in [-0.2, -0.15) is 0 Å². The highest BCUT2D eigenvalue weighted by Gasteiger charge is 2.34. The summed E-state index contributed by atoms with van der Waals surface area (Å²) in [6, 6.07) is 10.8. The smallest absolute Gasteiger partial charge is 0.0613 e. The summed E-state index contributed by atoms with van der Waals surface area (Å²) in [5, 5.41) is 13.6. The van der Waals surface area contributed by atoms with Crippen LogP contribution in [0, 0.1) is 11.8 Å². The minimum atomic E-state index is -0.0472. The molecule has 1 aromatic carbocycles. The van der Waals surface area contributed by atoms with Gasteiger partial charge in [0.15, 0.2) is 0 Å². The number of aliphatic hydroxyl groups is 1. The molecule has 1 aliphatic carbocycles. The van der Waals surface area contributed by atoms with E-state index >= 15 is 0 Å². The molecule has 0 saturated heterocycles. The van der Waals surface area contributed by atoms with E-state index in [0.717, 1.165) is 25.3 Å². The zero-order valence-electron chi connectivity index (χ0n) is 13.8. The maximum Gasteiger partial charge on any atom is 0.0613 e. The largest absolute Gasteiger partial charge is 0.394 e. The molecule has 2 nitrogen and oxygen atoms in total. The first-order valence-electron chi connectivity index (χ1n) is 8.47. The summed E-state index contributed by atoms with van der Waals surface area (Å²) in [7, 11) is 0. The van der Waals surface area contributed by atoms with Crippen LogP contribution in [0.2, 0.25) is 0 Å². The Morgan fingerprint density at radius 1 is 1.19 bits per heavy atom. The quantitative estimate of drug-likeness (QED) is 0.831. The van der Waals surface area contributed by atoms with Crippen LogP contribution < -0.4 is 5.32 Å². The van der Waals surface area contributed by atoms with Gasteiger partial charge in [0, 0.05) is 12.1 Å². The van der Waals surface area contributed by atoms with Gasteiger partial charge in [-0.1, -0.05) is 51.1 Å². The standard InChI is InChI=1S/C19H31NO/c1-15(2)18(17-7-5-4-6-8-17)13-20-19(14-21)11-9-16(3)10-12-19/h4-8,15-16,18,20-21H,9-14H2,1-3H3. The number of nitrogens with one attached hydrogen (secondary N) is 1. The van der Waals surface area contributed by atoms with Gasteiger partial charge in [0.1, 0.15) is 0 Å². The Hall–Kier alpha value is -0.860. The molecule has 0 aromatic heterocycles. The predicted molar refractivity (Wildman–Crippen MR) is 89.5 cm³/mol. The predicted octanol–water partition coefficient (Wildman–Crippen LogP) is 3.96. The zero-order valence-corrected chi connectivity index (χ0v) is 13.8. The third-order valence-corrected chi connectivity index (χ3v) is 5.26. The van der Waals surface area contributed by atoms with Gasteiger partial charge < -0.3 is 10.4 Å². The summed E-state index contributed by atoms with van der Waals surface area (Å²) < 4.78 is 0. The lowest BCUT2D eigenvalue weighted by atomic mass is 9.77. The molecule has 2 N–H and O–H groups in total.